The van der Waals surface area contributed by atoms with E-state index in [4.69, 9.17) is 0 Å². The van der Waals surface area contributed by atoms with Gasteiger partial charge >= 0.3 is 0 Å². The third-order valence-corrected chi connectivity index (χ3v) is 3.01. The quantitative estimate of drug-likeness (QED) is 0.662. The summed E-state index contributed by atoms with van der Waals surface area (Å²) in [5.74, 6) is 0. The van der Waals surface area contributed by atoms with E-state index < -0.39 is 5.60 Å². The highest BCUT2D eigenvalue weighted by Crippen LogP contribution is 2.28. The SMILES string of the molecule is CCCN(CC(C)(O)CNC(C)C)C1CC1. The zero-order chi connectivity index (χ0) is 12.2. The molecular formula is C13H28N2O. The van der Waals surface area contributed by atoms with Crippen molar-refractivity contribution in [2.45, 2.75) is 64.6 Å². The van der Waals surface area contributed by atoms with E-state index in [9.17, 15) is 5.11 Å². The fourth-order valence-electron chi connectivity index (χ4n) is 2.04. The van der Waals surface area contributed by atoms with Crippen LogP contribution in [0.5, 0.6) is 0 Å². The first-order valence-corrected chi connectivity index (χ1v) is 6.64. The highest BCUT2D eigenvalue weighted by atomic mass is 16.3. The van der Waals surface area contributed by atoms with E-state index in [1.807, 2.05) is 6.92 Å². The van der Waals surface area contributed by atoms with E-state index in [1.165, 1.54) is 19.3 Å². The minimum Gasteiger partial charge on any atom is -0.388 e. The fourth-order valence-corrected chi connectivity index (χ4v) is 2.04. The van der Waals surface area contributed by atoms with Crippen LogP contribution < -0.4 is 5.32 Å². The lowest BCUT2D eigenvalue weighted by atomic mass is 10.1. The minimum absolute atomic E-state index is 0.437. The lowest BCUT2D eigenvalue weighted by Gasteiger charge is -2.32. The van der Waals surface area contributed by atoms with Gasteiger partial charge in [0.1, 0.15) is 0 Å². The molecule has 1 saturated carbocycles. The summed E-state index contributed by atoms with van der Waals surface area (Å²) in [4.78, 5) is 2.45. The van der Waals surface area contributed by atoms with Crippen molar-refractivity contribution in [3.8, 4) is 0 Å². The average Bonchev–Trinajstić information content (AvgIpc) is 2.97. The molecule has 0 aromatic heterocycles. The van der Waals surface area contributed by atoms with Gasteiger partial charge in [0.25, 0.3) is 0 Å². The largest absolute Gasteiger partial charge is 0.388 e. The van der Waals surface area contributed by atoms with Gasteiger partial charge in [-0.3, -0.25) is 4.90 Å². The molecule has 0 amide bonds. The predicted molar refractivity (Wildman–Crippen MR) is 68.6 cm³/mol. The van der Waals surface area contributed by atoms with Crippen molar-refractivity contribution in [2.75, 3.05) is 19.6 Å². The van der Waals surface area contributed by atoms with Crippen molar-refractivity contribution >= 4 is 0 Å². The van der Waals surface area contributed by atoms with Crippen LogP contribution in [0.2, 0.25) is 0 Å². The maximum absolute atomic E-state index is 10.3. The van der Waals surface area contributed by atoms with Crippen LogP contribution in [0.4, 0.5) is 0 Å². The summed E-state index contributed by atoms with van der Waals surface area (Å²) < 4.78 is 0. The van der Waals surface area contributed by atoms with Crippen LogP contribution in [0.3, 0.4) is 0 Å². The van der Waals surface area contributed by atoms with E-state index in [0.717, 1.165) is 19.1 Å². The number of nitrogens with zero attached hydrogens (tertiary/aromatic N) is 1. The Labute approximate surface area is 100 Å². The molecule has 3 nitrogen and oxygen atoms in total. The van der Waals surface area contributed by atoms with Gasteiger partial charge in [-0.05, 0) is 32.7 Å². The van der Waals surface area contributed by atoms with Gasteiger partial charge in [0.15, 0.2) is 0 Å². The molecule has 0 aromatic rings. The summed E-state index contributed by atoms with van der Waals surface area (Å²) in [6, 6.07) is 1.18. The standard InChI is InChI=1S/C13H28N2O/c1-5-8-15(12-6-7-12)10-13(4,16)9-14-11(2)3/h11-12,14,16H,5-10H2,1-4H3. The van der Waals surface area contributed by atoms with Crippen molar-refractivity contribution in [3.05, 3.63) is 0 Å². The fraction of sp³-hybridized carbons (Fsp3) is 1.00. The first-order chi connectivity index (χ1) is 7.44. The maximum atomic E-state index is 10.3. The third-order valence-electron chi connectivity index (χ3n) is 3.01. The van der Waals surface area contributed by atoms with Gasteiger partial charge in [0.2, 0.25) is 0 Å². The Bertz CT molecular complexity index is 200. The molecule has 96 valence electrons. The number of nitrogens with one attached hydrogen (secondary N) is 1. The number of rotatable bonds is 8. The molecule has 2 N–H and O–H groups in total. The molecule has 0 aromatic carbocycles. The van der Waals surface area contributed by atoms with Crippen LogP contribution >= 0.6 is 0 Å². The molecule has 1 unspecified atom stereocenters. The summed E-state index contributed by atoms with van der Waals surface area (Å²) in [5, 5.41) is 13.6. The van der Waals surface area contributed by atoms with Crippen molar-refractivity contribution in [1.29, 1.82) is 0 Å². The first-order valence-electron chi connectivity index (χ1n) is 6.64. The Balaban J connectivity index is 2.35. The molecule has 0 radical (unpaired) electrons. The summed E-state index contributed by atoms with van der Waals surface area (Å²) in [6.45, 7) is 11.0. The Kier molecular flexibility index (Phi) is 5.22. The first kappa shape index (κ1) is 13.9. The van der Waals surface area contributed by atoms with E-state index in [0.29, 0.717) is 12.6 Å². The van der Waals surface area contributed by atoms with Crippen LogP contribution in [0.1, 0.15) is 47.0 Å². The van der Waals surface area contributed by atoms with Crippen molar-refractivity contribution in [1.82, 2.24) is 10.2 Å². The second-order valence-corrected chi connectivity index (χ2v) is 5.73. The maximum Gasteiger partial charge on any atom is 0.0869 e. The smallest absolute Gasteiger partial charge is 0.0869 e. The highest BCUT2D eigenvalue weighted by molar-refractivity contribution is 4.89. The molecule has 1 rings (SSSR count). The molecule has 3 heteroatoms. The lowest BCUT2D eigenvalue weighted by Crippen LogP contribution is -2.49. The zero-order valence-electron chi connectivity index (χ0n) is 11.3. The summed E-state index contributed by atoms with van der Waals surface area (Å²) >= 11 is 0. The topological polar surface area (TPSA) is 35.5 Å². The summed E-state index contributed by atoms with van der Waals surface area (Å²) in [5.41, 5.74) is -0.609. The van der Waals surface area contributed by atoms with Crippen molar-refractivity contribution in [2.24, 2.45) is 0 Å². The molecule has 1 atom stereocenters. The Morgan fingerprint density at radius 1 is 1.44 bits per heavy atom. The molecule has 0 bridgehead atoms. The summed E-state index contributed by atoms with van der Waals surface area (Å²) in [7, 11) is 0. The molecule has 1 fully saturated rings. The van der Waals surface area contributed by atoms with Gasteiger partial charge in [-0.25, -0.2) is 0 Å². The van der Waals surface area contributed by atoms with Gasteiger partial charge in [-0.2, -0.15) is 0 Å². The second kappa shape index (κ2) is 5.99. The average molecular weight is 228 g/mol. The van der Waals surface area contributed by atoms with Gasteiger partial charge in [-0.15, -0.1) is 0 Å². The van der Waals surface area contributed by atoms with Crippen LogP contribution in [0, 0.1) is 0 Å². The monoisotopic (exact) mass is 228 g/mol. The Morgan fingerprint density at radius 3 is 2.50 bits per heavy atom. The van der Waals surface area contributed by atoms with E-state index in [1.54, 1.807) is 0 Å². The van der Waals surface area contributed by atoms with Crippen LogP contribution in [-0.4, -0.2) is 47.3 Å². The minimum atomic E-state index is -0.609. The zero-order valence-corrected chi connectivity index (χ0v) is 11.3. The molecule has 0 heterocycles. The molecule has 0 spiro atoms. The van der Waals surface area contributed by atoms with Gasteiger partial charge in [-0.1, -0.05) is 20.8 Å². The van der Waals surface area contributed by atoms with Gasteiger partial charge in [0.05, 0.1) is 5.60 Å². The van der Waals surface area contributed by atoms with Crippen molar-refractivity contribution in [3.63, 3.8) is 0 Å². The van der Waals surface area contributed by atoms with E-state index in [2.05, 4.69) is 31.0 Å². The molecule has 1 aliphatic rings. The Morgan fingerprint density at radius 2 is 2.06 bits per heavy atom. The predicted octanol–water partition coefficient (Wildman–Crippen LogP) is 1.61. The molecule has 0 saturated heterocycles. The second-order valence-electron chi connectivity index (χ2n) is 5.73. The molecular weight excluding hydrogens is 200 g/mol. The number of hydrogen-bond donors (Lipinski definition) is 2. The van der Waals surface area contributed by atoms with Gasteiger partial charge < -0.3 is 10.4 Å². The van der Waals surface area contributed by atoms with Crippen LogP contribution in [0.25, 0.3) is 0 Å². The van der Waals surface area contributed by atoms with Crippen LogP contribution in [-0.2, 0) is 0 Å². The number of hydrogen-bond acceptors (Lipinski definition) is 3. The molecule has 16 heavy (non-hydrogen) atoms. The third kappa shape index (κ3) is 5.28. The van der Waals surface area contributed by atoms with Crippen LogP contribution in [0.15, 0.2) is 0 Å². The Hall–Kier alpha value is -0.120. The van der Waals surface area contributed by atoms with Crippen molar-refractivity contribution < 1.29 is 5.11 Å². The normalized spacial score (nSPS) is 20.4. The highest BCUT2D eigenvalue weighted by Gasteiger charge is 2.33. The van der Waals surface area contributed by atoms with E-state index >= 15 is 0 Å². The lowest BCUT2D eigenvalue weighted by molar-refractivity contribution is 0.0160. The number of aliphatic hydroxyl groups is 1. The summed E-state index contributed by atoms with van der Waals surface area (Å²) in [6.07, 6.45) is 3.80. The van der Waals surface area contributed by atoms with Gasteiger partial charge in [0, 0.05) is 25.2 Å². The van der Waals surface area contributed by atoms with E-state index in [-0.39, 0.29) is 0 Å². The molecule has 0 aliphatic heterocycles. The molecule has 1 aliphatic carbocycles.